The molecule has 0 radical (unpaired) electrons. The van der Waals surface area contributed by atoms with Gasteiger partial charge in [-0.15, -0.1) is 0 Å². The van der Waals surface area contributed by atoms with Gasteiger partial charge in [0.05, 0.1) is 0 Å². The molecule has 0 aromatic heterocycles. The molecule has 1 aliphatic rings. The fourth-order valence-corrected chi connectivity index (χ4v) is 3.45. The molecule has 144 valence electrons. The number of benzene rings is 2. The fourth-order valence-electron chi connectivity index (χ4n) is 3.45. The van der Waals surface area contributed by atoms with Crippen LogP contribution in [0, 0.1) is 11.7 Å². The summed E-state index contributed by atoms with van der Waals surface area (Å²) in [7, 11) is 4.03. The molecule has 27 heavy (non-hydrogen) atoms. The molecule has 0 aliphatic carbocycles. The number of hydrogen-bond donors (Lipinski definition) is 1. The maximum Gasteiger partial charge on any atom is 0.223 e. The first-order valence-corrected chi connectivity index (χ1v) is 9.52. The summed E-state index contributed by atoms with van der Waals surface area (Å²) in [4.78, 5) is 16.9. The van der Waals surface area contributed by atoms with Crippen molar-refractivity contribution in [3.8, 4) is 0 Å². The molecule has 0 saturated carbocycles. The summed E-state index contributed by atoms with van der Waals surface area (Å²) in [5.74, 6) is 0.0223. The van der Waals surface area contributed by atoms with Gasteiger partial charge in [-0.1, -0.05) is 24.3 Å². The molecule has 0 bridgehead atoms. The van der Waals surface area contributed by atoms with Gasteiger partial charge in [-0.3, -0.25) is 9.69 Å². The molecule has 1 amide bonds. The highest BCUT2D eigenvalue weighted by molar-refractivity contribution is 5.78. The Labute approximate surface area is 161 Å². The smallest absolute Gasteiger partial charge is 0.223 e. The Bertz CT molecular complexity index is 735. The first-order chi connectivity index (χ1) is 13.0. The van der Waals surface area contributed by atoms with Crippen LogP contribution >= 0.6 is 0 Å². The number of carbonyl (C=O) groups is 1. The molecule has 3 rings (SSSR count). The second-order valence-corrected chi connectivity index (χ2v) is 7.46. The third kappa shape index (κ3) is 5.54. The van der Waals surface area contributed by atoms with Crippen LogP contribution in [0.5, 0.6) is 0 Å². The van der Waals surface area contributed by atoms with Gasteiger partial charge in [-0.2, -0.15) is 0 Å². The van der Waals surface area contributed by atoms with Gasteiger partial charge in [0.15, 0.2) is 0 Å². The average molecular weight is 369 g/mol. The van der Waals surface area contributed by atoms with Crippen molar-refractivity contribution in [2.45, 2.75) is 25.9 Å². The summed E-state index contributed by atoms with van der Waals surface area (Å²) in [6.45, 7) is 3.18. The van der Waals surface area contributed by atoms with Gasteiger partial charge in [0, 0.05) is 38.8 Å². The average Bonchev–Trinajstić information content (AvgIpc) is 2.69. The van der Waals surface area contributed by atoms with Crippen LogP contribution in [-0.4, -0.2) is 38.0 Å². The summed E-state index contributed by atoms with van der Waals surface area (Å²) >= 11 is 0. The quantitative estimate of drug-likeness (QED) is 0.847. The van der Waals surface area contributed by atoms with Gasteiger partial charge in [-0.25, -0.2) is 4.39 Å². The monoisotopic (exact) mass is 369 g/mol. The number of nitrogens with one attached hydrogen (secondary N) is 1. The first kappa shape index (κ1) is 19.4. The molecule has 2 aromatic rings. The molecule has 1 N–H and O–H groups in total. The van der Waals surface area contributed by atoms with E-state index in [1.165, 1.54) is 12.1 Å². The minimum atomic E-state index is -0.203. The lowest BCUT2D eigenvalue weighted by molar-refractivity contribution is -0.126. The number of halogens is 1. The number of amides is 1. The third-order valence-electron chi connectivity index (χ3n) is 5.20. The predicted octanol–water partition coefficient (Wildman–Crippen LogP) is 3.42. The van der Waals surface area contributed by atoms with Crippen molar-refractivity contribution in [3.05, 3.63) is 65.5 Å². The van der Waals surface area contributed by atoms with Gasteiger partial charge in [0.1, 0.15) is 5.82 Å². The zero-order valence-electron chi connectivity index (χ0n) is 16.1. The molecule has 0 atom stereocenters. The number of anilines is 1. The second-order valence-electron chi connectivity index (χ2n) is 7.46. The largest absolute Gasteiger partial charge is 0.378 e. The maximum atomic E-state index is 13.0. The summed E-state index contributed by atoms with van der Waals surface area (Å²) in [6, 6.07) is 14.9. The number of piperidine rings is 1. The Morgan fingerprint density at radius 1 is 1.04 bits per heavy atom. The highest BCUT2D eigenvalue weighted by Gasteiger charge is 2.24. The lowest BCUT2D eigenvalue weighted by Gasteiger charge is -2.31. The Hall–Kier alpha value is -2.40. The van der Waals surface area contributed by atoms with Crippen LogP contribution in [0.15, 0.2) is 48.5 Å². The van der Waals surface area contributed by atoms with E-state index in [4.69, 9.17) is 0 Å². The van der Waals surface area contributed by atoms with Crippen LogP contribution < -0.4 is 10.2 Å². The van der Waals surface area contributed by atoms with E-state index in [1.54, 1.807) is 0 Å². The standard InChI is InChI=1S/C22H28FN3O/c1-25(2)21-9-5-17(6-10-21)15-24-22(27)19-11-13-26(14-12-19)16-18-3-7-20(23)8-4-18/h3-10,19H,11-16H2,1-2H3,(H,24,27). The zero-order chi connectivity index (χ0) is 19.2. The van der Waals surface area contributed by atoms with E-state index in [9.17, 15) is 9.18 Å². The van der Waals surface area contributed by atoms with Crippen molar-refractivity contribution < 1.29 is 9.18 Å². The van der Waals surface area contributed by atoms with E-state index in [2.05, 4.69) is 39.4 Å². The first-order valence-electron chi connectivity index (χ1n) is 9.52. The maximum absolute atomic E-state index is 13.0. The molecule has 1 aliphatic heterocycles. The predicted molar refractivity (Wildman–Crippen MR) is 107 cm³/mol. The van der Waals surface area contributed by atoms with Gasteiger partial charge in [0.2, 0.25) is 5.91 Å². The van der Waals surface area contributed by atoms with Crippen LogP contribution in [0.4, 0.5) is 10.1 Å². The van der Waals surface area contributed by atoms with Crippen LogP contribution in [0.2, 0.25) is 0 Å². The number of carbonyl (C=O) groups excluding carboxylic acids is 1. The number of hydrogen-bond acceptors (Lipinski definition) is 3. The molecule has 2 aromatic carbocycles. The minimum Gasteiger partial charge on any atom is -0.378 e. The van der Waals surface area contributed by atoms with Crippen molar-refractivity contribution in [2.75, 3.05) is 32.1 Å². The Balaban J connectivity index is 1.42. The van der Waals surface area contributed by atoms with Crippen molar-refractivity contribution >= 4 is 11.6 Å². The van der Waals surface area contributed by atoms with Gasteiger partial charge in [0.25, 0.3) is 0 Å². The lowest BCUT2D eigenvalue weighted by Crippen LogP contribution is -2.40. The normalized spacial score (nSPS) is 15.5. The topological polar surface area (TPSA) is 35.6 Å². The van der Waals surface area contributed by atoms with Gasteiger partial charge >= 0.3 is 0 Å². The molecule has 0 spiro atoms. The number of nitrogens with zero attached hydrogens (tertiary/aromatic N) is 2. The Morgan fingerprint density at radius 2 is 1.63 bits per heavy atom. The number of likely N-dealkylation sites (tertiary alicyclic amines) is 1. The minimum absolute atomic E-state index is 0.0792. The summed E-state index contributed by atoms with van der Waals surface area (Å²) in [6.07, 6.45) is 1.74. The van der Waals surface area contributed by atoms with Crippen molar-refractivity contribution in [2.24, 2.45) is 5.92 Å². The van der Waals surface area contributed by atoms with E-state index in [0.29, 0.717) is 6.54 Å². The van der Waals surface area contributed by atoms with Crippen LogP contribution in [0.25, 0.3) is 0 Å². The lowest BCUT2D eigenvalue weighted by atomic mass is 9.95. The van der Waals surface area contributed by atoms with E-state index < -0.39 is 0 Å². The SMILES string of the molecule is CN(C)c1ccc(CNC(=O)C2CCN(Cc3ccc(F)cc3)CC2)cc1. The molecule has 4 nitrogen and oxygen atoms in total. The summed E-state index contributed by atoms with van der Waals surface area (Å²) in [5, 5.41) is 3.08. The molecular weight excluding hydrogens is 341 g/mol. The highest BCUT2D eigenvalue weighted by atomic mass is 19.1. The second kappa shape index (κ2) is 9.00. The van der Waals surface area contributed by atoms with Crippen LogP contribution in [0.3, 0.4) is 0 Å². The highest BCUT2D eigenvalue weighted by Crippen LogP contribution is 2.20. The van der Waals surface area contributed by atoms with E-state index in [0.717, 1.165) is 49.3 Å². The number of rotatable bonds is 6. The molecule has 1 saturated heterocycles. The van der Waals surface area contributed by atoms with Crippen molar-refractivity contribution in [1.82, 2.24) is 10.2 Å². The molecule has 1 heterocycles. The van der Waals surface area contributed by atoms with Crippen LogP contribution in [0.1, 0.15) is 24.0 Å². The van der Waals surface area contributed by atoms with Crippen LogP contribution in [-0.2, 0) is 17.9 Å². The summed E-state index contributed by atoms with van der Waals surface area (Å²) < 4.78 is 13.0. The van der Waals surface area contributed by atoms with Crippen molar-refractivity contribution in [1.29, 1.82) is 0 Å². The van der Waals surface area contributed by atoms with Crippen molar-refractivity contribution in [3.63, 3.8) is 0 Å². The molecule has 1 fully saturated rings. The molecular formula is C22H28FN3O. The van der Waals surface area contributed by atoms with E-state index in [-0.39, 0.29) is 17.6 Å². The summed E-state index contributed by atoms with van der Waals surface area (Å²) in [5.41, 5.74) is 3.38. The molecule has 5 heteroatoms. The zero-order valence-corrected chi connectivity index (χ0v) is 16.1. The van der Waals surface area contributed by atoms with E-state index in [1.807, 2.05) is 26.2 Å². The Morgan fingerprint density at radius 3 is 2.22 bits per heavy atom. The molecule has 0 unspecified atom stereocenters. The Kier molecular flexibility index (Phi) is 6.45. The van der Waals surface area contributed by atoms with Gasteiger partial charge < -0.3 is 10.2 Å². The van der Waals surface area contributed by atoms with Gasteiger partial charge in [-0.05, 0) is 61.3 Å². The van der Waals surface area contributed by atoms with E-state index >= 15 is 0 Å². The third-order valence-corrected chi connectivity index (χ3v) is 5.20. The fraction of sp³-hybridized carbons (Fsp3) is 0.409.